The summed E-state index contributed by atoms with van der Waals surface area (Å²) in [6.45, 7) is 6.21. The van der Waals surface area contributed by atoms with Crippen molar-refractivity contribution in [2.75, 3.05) is 24.8 Å². The number of amides is 2. The number of thiazole rings is 1. The van der Waals surface area contributed by atoms with Crippen LogP contribution >= 0.6 is 34.6 Å². The van der Waals surface area contributed by atoms with Crippen molar-refractivity contribution in [3.05, 3.63) is 27.7 Å². The Kier molecular flexibility index (Phi) is 8.46. The molecule has 0 spiro atoms. The predicted octanol–water partition coefficient (Wildman–Crippen LogP) is 1.25. The highest BCUT2D eigenvalue weighted by atomic mass is 32.2. The van der Waals surface area contributed by atoms with Crippen molar-refractivity contribution < 1.29 is 33.9 Å². The van der Waals surface area contributed by atoms with Gasteiger partial charge in [-0.3, -0.25) is 19.2 Å². The summed E-state index contributed by atoms with van der Waals surface area (Å²) >= 11 is 3.49. The standard InChI is InChI=1S/C23H27N7O7S3/c1-11-13(40-29-27-11)5-6-23(20(34)37-10-36-19(33)22(2,3)4)8-30-17(32)15(18(30)39-9-23)26-16(31)14(28-35)12-7-38-21(24)25-12/h5-7,15,18,35H,8-10H2,1-4H3,(H2,24,25)(H,26,31)/t15?,18-,23?/m1/s1. The van der Waals surface area contributed by atoms with E-state index in [2.05, 4.69) is 25.0 Å². The largest absolute Gasteiger partial charge is 0.427 e. The number of carbonyl (C=O) groups excluding carboxylic acids is 4. The van der Waals surface area contributed by atoms with Gasteiger partial charge < -0.3 is 30.6 Å². The third-order valence-corrected chi connectivity index (χ3v) is 9.13. The van der Waals surface area contributed by atoms with E-state index in [1.807, 2.05) is 0 Å². The lowest BCUT2D eigenvalue weighted by atomic mass is 9.86. The number of thioether (sulfide) groups is 1. The molecule has 3 atom stereocenters. The van der Waals surface area contributed by atoms with Crippen LogP contribution < -0.4 is 11.1 Å². The van der Waals surface area contributed by atoms with Gasteiger partial charge >= 0.3 is 11.9 Å². The second-order valence-electron chi connectivity index (χ2n) is 10.1. The highest BCUT2D eigenvalue weighted by Gasteiger charge is 2.57. The third-order valence-electron chi connectivity index (χ3n) is 6.11. The Balaban J connectivity index is 1.47. The fourth-order valence-corrected chi connectivity index (χ4v) is 6.44. The van der Waals surface area contributed by atoms with E-state index in [4.69, 9.17) is 15.2 Å². The average Bonchev–Trinajstić information content (AvgIpc) is 3.52. The van der Waals surface area contributed by atoms with E-state index in [0.29, 0.717) is 5.69 Å². The van der Waals surface area contributed by atoms with Crippen LogP contribution in [0.1, 0.15) is 37.0 Å². The maximum Gasteiger partial charge on any atom is 0.321 e. The van der Waals surface area contributed by atoms with Gasteiger partial charge in [0.25, 0.3) is 5.91 Å². The number of β-lactam (4-membered cyclic amide) rings is 1. The van der Waals surface area contributed by atoms with Crippen LogP contribution in [0.5, 0.6) is 0 Å². The van der Waals surface area contributed by atoms with Crippen molar-refractivity contribution in [3.8, 4) is 0 Å². The molecule has 2 unspecified atom stereocenters. The van der Waals surface area contributed by atoms with E-state index in [9.17, 15) is 24.4 Å². The van der Waals surface area contributed by atoms with Gasteiger partial charge in [0.05, 0.1) is 16.0 Å². The average molecular weight is 610 g/mol. The maximum absolute atomic E-state index is 13.4. The van der Waals surface area contributed by atoms with Crippen molar-refractivity contribution in [2.24, 2.45) is 16.0 Å². The Hall–Kier alpha value is -3.57. The summed E-state index contributed by atoms with van der Waals surface area (Å²) in [5.74, 6) is -2.23. The summed E-state index contributed by atoms with van der Waals surface area (Å²) in [5.41, 5.74) is 3.93. The Bertz CT molecular complexity index is 1380. The molecule has 0 aliphatic carbocycles. The number of fused-ring (bicyclic) bond motifs is 1. The summed E-state index contributed by atoms with van der Waals surface area (Å²) in [4.78, 5) is 57.4. The summed E-state index contributed by atoms with van der Waals surface area (Å²) in [6.07, 6.45) is 3.35. The van der Waals surface area contributed by atoms with Gasteiger partial charge in [-0.15, -0.1) is 28.2 Å². The number of esters is 2. The van der Waals surface area contributed by atoms with Crippen LogP contribution in [0.3, 0.4) is 0 Å². The Morgan fingerprint density at radius 3 is 2.70 bits per heavy atom. The molecule has 2 aliphatic rings. The molecule has 2 saturated heterocycles. The number of hydrogen-bond donors (Lipinski definition) is 3. The fraction of sp³-hybridized carbons (Fsp3) is 0.478. The van der Waals surface area contributed by atoms with Gasteiger partial charge in [0.2, 0.25) is 12.7 Å². The van der Waals surface area contributed by atoms with Gasteiger partial charge in [-0.2, -0.15) is 0 Å². The molecule has 0 aromatic carbocycles. The lowest BCUT2D eigenvalue weighted by Crippen LogP contribution is -2.74. The molecule has 0 bridgehead atoms. The summed E-state index contributed by atoms with van der Waals surface area (Å²) in [5, 5.41) is 20.1. The van der Waals surface area contributed by atoms with E-state index >= 15 is 0 Å². The van der Waals surface area contributed by atoms with E-state index in [1.54, 1.807) is 39.8 Å². The molecule has 40 heavy (non-hydrogen) atoms. The predicted molar refractivity (Wildman–Crippen MR) is 147 cm³/mol. The van der Waals surface area contributed by atoms with Crippen molar-refractivity contribution in [2.45, 2.75) is 39.1 Å². The van der Waals surface area contributed by atoms with Gasteiger partial charge in [-0.25, -0.2) is 4.98 Å². The van der Waals surface area contributed by atoms with Crippen LogP contribution in [0.4, 0.5) is 5.13 Å². The molecule has 4 heterocycles. The molecule has 214 valence electrons. The van der Waals surface area contributed by atoms with Crippen LogP contribution in [0.2, 0.25) is 0 Å². The van der Waals surface area contributed by atoms with E-state index < -0.39 is 52.8 Å². The Morgan fingerprint density at radius 1 is 1.35 bits per heavy atom. The monoisotopic (exact) mass is 609 g/mol. The molecule has 0 saturated carbocycles. The number of ether oxygens (including phenoxy) is 2. The minimum absolute atomic E-state index is 0.0345. The lowest BCUT2D eigenvalue weighted by molar-refractivity contribution is -0.178. The van der Waals surface area contributed by atoms with Gasteiger partial charge in [-0.1, -0.05) is 15.7 Å². The van der Waals surface area contributed by atoms with Gasteiger partial charge in [0.1, 0.15) is 22.5 Å². The number of anilines is 1. The van der Waals surface area contributed by atoms with Crippen molar-refractivity contribution >= 4 is 75.3 Å². The summed E-state index contributed by atoms with van der Waals surface area (Å²) in [6, 6.07) is -0.913. The Labute approximate surface area is 241 Å². The minimum atomic E-state index is -1.27. The van der Waals surface area contributed by atoms with Crippen LogP contribution in [0.15, 0.2) is 16.6 Å². The molecule has 2 aromatic heterocycles. The smallest absolute Gasteiger partial charge is 0.321 e. The van der Waals surface area contributed by atoms with Crippen LogP contribution in [0.25, 0.3) is 6.08 Å². The number of rotatable bonds is 8. The van der Waals surface area contributed by atoms with E-state index in [1.165, 1.54) is 22.0 Å². The second-order valence-corrected chi connectivity index (χ2v) is 12.9. The van der Waals surface area contributed by atoms with Crippen molar-refractivity contribution in [1.82, 2.24) is 24.8 Å². The van der Waals surface area contributed by atoms with Crippen LogP contribution in [-0.4, -0.2) is 84.6 Å². The molecule has 4 rings (SSSR count). The van der Waals surface area contributed by atoms with E-state index in [-0.39, 0.29) is 28.8 Å². The maximum atomic E-state index is 13.4. The summed E-state index contributed by atoms with van der Waals surface area (Å²) in [7, 11) is 0. The van der Waals surface area contributed by atoms with Crippen LogP contribution in [0, 0.1) is 17.8 Å². The molecule has 2 aromatic rings. The molecular weight excluding hydrogens is 582 g/mol. The number of nitrogen functional groups attached to an aromatic ring is 1. The second kappa shape index (κ2) is 11.5. The van der Waals surface area contributed by atoms with Crippen LogP contribution in [-0.2, 0) is 28.7 Å². The van der Waals surface area contributed by atoms with Crippen molar-refractivity contribution in [3.63, 3.8) is 0 Å². The zero-order chi connectivity index (χ0) is 29.2. The molecular formula is C23H27N7O7S3. The SMILES string of the molecule is Cc1nnsc1C=CC1(C(=O)OCOC(=O)C(C)(C)C)CS[C@@H]2C(NC(=O)C(=NO)c3csc(N)n3)C(=O)N2C1. The number of aromatic nitrogens is 3. The molecule has 2 aliphatic heterocycles. The number of hydrogen-bond acceptors (Lipinski definition) is 15. The first-order chi connectivity index (χ1) is 18.9. The zero-order valence-electron chi connectivity index (χ0n) is 21.9. The number of carbonyl (C=O) groups is 4. The molecule has 14 nitrogen and oxygen atoms in total. The molecule has 17 heteroatoms. The first-order valence-electron chi connectivity index (χ1n) is 11.9. The van der Waals surface area contributed by atoms with E-state index in [0.717, 1.165) is 27.7 Å². The molecule has 2 fully saturated rings. The highest BCUT2D eigenvalue weighted by molar-refractivity contribution is 8.00. The topological polar surface area (TPSA) is 199 Å². The van der Waals surface area contributed by atoms with Crippen molar-refractivity contribution in [1.29, 1.82) is 0 Å². The highest BCUT2D eigenvalue weighted by Crippen LogP contribution is 2.44. The quantitative estimate of drug-likeness (QED) is 0.0968. The number of oxime groups is 1. The number of nitrogens with one attached hydrogen (secondary N) is 1. The van der Waals surface area contributed by atoms with Gasteiger partial charge in [-0.05, 0) is 45.3 Å². The number of nitrogens with zero attached hydrogens (tertiary/aromatic N) is 5. The number of aryl methyl sites for hydroxylation is 1. The summed E-state index contributed by atoms with van der Waals surface area (Å²) < 4.78 is 14.3. The molecule has 4 N–H and O–H groups in total. The van der Waals surface area contributed by atoms with Gasteiger partial charge in [0.15, 0.2) is 10.8 Å². The lowest BCUT2D eigenvalue weighted by Gasteiger charge is -2.53. The molecule has 2 amide bonds. The minimum Gasteiger partial charge on any atom is -0.427 e. The fourth-order valence-electron chi connectivity index (χ4n) is 3.83. The number of nitrogens with two attached hydrogens (primary N) is 1. The molecule has 0 radical (unpaired) electrons. The first kappa shape index (κ1) is 29.4. The zero-order valence-corrected chi connectivity index (χ0v) is 24.4. The Morgan fingerprint density at radius 2 is 2.10 bits per heavy atom. The first-order valence-corrected chi connectivity index (χ1v) is 14.6. The normalized spacial score (nSPS) is 22.9. The van der Waals surface area contributed by atoms with Gasteiger partial charge in [0, 0.05) is 17.7 Å². The third kappa shape index (κ3) is 5.95.